The molecule has 1 saturated carbocycles. The zero-order valence-corrected chi connectivity index (χ0v) is 9.43. The van der Waals surface area contributed by atoms with E-state index in [2.05, 4.69) is 5.32 Å². The summed E-state index contributed by atoms with van der Waals surface area (Å²) in [5.41, 5.74) is -0.337. The van der Waals surface area contributed by atoms with Gasteiger partial charge < -0.3 is 10.1 Å². The Kier molecular flexibility index (Phi) is 3.11. The Hall–Kier alpha value is -1.49. The van der Waals surface area contributed by atoms with Crippen LogP contribution in [0, 0.1) is 11.6 Å². The average molecular weight is 241 g/mol. The van der Waals surface area contributed by atoms with Crippen molar-refractivity contribution in [3.63, 3.8) is 0 Å². The number of rotatable bonds is 4. The van der Waals surface area contributed by atoms with E-state index in [0.717, 1.165) is 6.07 Å². The predicted octanol–water partition coefficient (Wildman–Crippen LogP) is 1.72. The molecule has 0 atom stereocenters. The Bertz CT molecular complexity index is 444. The van der Waals surface area contributed by atoms with Crippen LogP contribution in [0.25, 0.3) is 0 Å². The number of benzene rings is 1. The van der Waals surface area contributed by atoms with Crippen molar-refractivity contribution in [3.05, 3.63) is 35.4 Å². The van der Waals surface area contributed by atoms with Gasteiger partial charge in [0.25, 0.3) is 0 Å². The van der Waals surface area contributed by atoms with Crippen molar-refractivity contribution in [2.24, 2.45) is 0 Å². The van der Waals surface area contributed by atoms with Gasteiger partial charge >= 0.3 is 0 Å². The van der Waals surface area contributed by atoms with E-state index >= 15 is 0 Å². The van der Waals surface area contributed by atoms with E-state index < -0.39 is 17.2 Å². The summed E-state index contributed by atoms with van der Waals surface area (Å²) in [6.45, 7) is -0.0649. The van der Waals surface area contributed by atoms with Gasteiger partial charge in [0.2, 0.25) is 5.91 Å². The highest BCUT2D eigenvalue weighted by atomic mass is 19.1. The van der Waals surface area contributed by atoms with Crippen molar-refractivity contribution in [1.29, 1.82) is 0 Å². The molecule has 0 heterocycles. The first kappa shape index (κ1) is 12.0. The number of hydrogen-bond donors (Lipinski definition) is 1. The van der Waals surface area contributed by atoms with Crippen molar-refractivity contribution >= 4 is 5.91 Å². The monoisotopic (exact) mass is 241 g/mol. The number of hydrogen-bond acceptors (Lipinski definition) is 2. The summed E-state index contributed by atoms with van der Waals surface area (Å²) in [5, 5.41) is 2.72. The van der Waals surface area contributed by atoms with Gasteiger partial charge in [-0.25, -0.2) is 8.78 Å². The molecule has 0 spiro atoms. The lowest BCUT2D eigenvalue weighted by atomic mass is 10.0. The van der Waals surface area contributed by atoms with E-state index in [0.29, 0.717) is 18.4 Å². The Morgan fingerprint density at radius 2 is 2.18 bits per heavy atom. The largest absolute Gasteiger partial charge is 0.375 e. The fraction of sp³-hybridized carbons (Fsp3) is 0.417. The lowest BCUT2D eigenvalue weighted by molar-refractivity contribution is -0.125. The summed E-state index contributed by atoms with van der Waals surface area (Å²) in [6.07, 6.45) is 1.32. The molecule has 0 aromatic heterocycles. The van der Waals surface area contributed by atoms with E-state index in [4.69, 9.17) is 4.74 Å². The summed E-state index contributed by atoms with van der Waals surface area (Å²) in [6, 6.07) is 3.41. The van der Waals surface area contributed by atoms with Crippen LogP contribution in [0.15, 0.2) is 18.2 Å². The molecule has 3 nitrogen and oxygen atoms in total. The van der Waals surface area contributed by atoms with Gasteiger partial charge in [-0.3, -0.25) is 4.79 Å². The number of nitrogens with one attached hydrogen (secondary N) is 1. The van der Waals surface area contributed by atoms with Gasteiger partial charge in [0.05, 0.1) is 5.54 Å². The maximum Gasteiger partial charge on any atom is 0.246 e. The van der Waals surface area contributed by atoms with Gasteiger partial charge in [0.15, 0.2) is 0 Å². The third-order valence-corrected chi connectivity index (χ3v) is 2.85. The quantitative estimate of drug-likeness (QED) is 0.871. The van der Waals surface area contributed by atoms with Gasteiger partial charge in [-0.1, -0.05) is 6.07 Å². The van der Waals surface area contributed by atoms with E-state index in [9.17, 15) is 13.6 Å². The van der Waals surface area contributed by atoms with Crippen LogP contribution >= 0.6 is 0 Å². The summed E-state index contributed by atoms with van der Waals surface area (Å²) in [4.78, 5) is 11.4. The van der Waals surface area contributed by atoms with Crippen molar-refractivity contribution in [1.82, 2.24) is 5.32 Å². The average Bonchev–Trinajstić information content (AvgIpc) is 2.98. The van der Waals surface area contributed by atoms with Crippen LogP contribution < -0.4 is 5.32 Å². The molecular weight excluding hydrogens is 228 g/mol. The van der Waals surface area contributed by atoms with E-state index in [1.165, 1.54) is 19.2 Å². The van der Waals surface area contributed by atoms with Gasteiger partial charge in [-0.05, 0) is 18.9 Å². The number of carbonyl (C=O) groups is 1. The second-order valence-corrected chi connectivity index (χ2v) is 4.19. The first-order valence-electron chi connectivity index (χ1n) is 5.33. The maximum atomic E-state index is 13.6. The summed E-state index contributed by atoms with van der Waals surface area (Å²) < 4.78 is 31.1. The van der Waals surface area contributed by atoms with Crippen LogP contribution in [0.1, 0.15) is 18.4 Å². The van der Waals surface area contributed by atoms with Gasteiger partial charge in [-0.2, -0.15) is 0 Å². The molecular formula is C12H13F2NO2. The zero-order chi connectivity index (χ0) is 12.5. The minimum atomic E-state index is -0.673. The molecule has 1 amide bonds. The SMILES string of the molecule is COCC(=O)NC1(c2ccc(F)cc2F)CC1. The molecule has 1 aromatic rings. The smallest absolute Gasteiger partial charge is 0.246 e. The predicted molar refractivity (Wildman–Crippen MR) is 57.3 cm³/mol. The highest BCUT2D eigenvalue weighted by Gasteiger charge is 2.47. The molecule has 1 aliphatic rings. The van der Waals surface area contributed by atoms with Crippen LogP contribution in [-0.2, 0) is 15.1 Å². The number of ether oxygens (including phenoxy) is 1. The molecule has 0 bridgehead atoms. The van der Waals surface area contributed by atoms with Gasteiger partial charge in [-0.15, -0.1) is 0 Å². The van der Waals surface area contributed by atoms with Crippen molar-refractivity contribution < 1.29 is 18.3 Å². The molecule has 0 unspecified atom stereocenters. The standard InChI is InChI=1S/C12H13F2NO2/c1-17-7-11(16)15-12(4-5-12)9-3-2-8(13)6-10(9)14/h2-3,6H,4-5,7H2,1H3,(H,15,16). The summed E-state index contributed by atoms with van der Waals surface area (Å²) in [7, 11) is 1.41. The lowest BCUT2D eigenvalue weighted by Crippen LogP contribution is -2.37. The third-order valence-electron chi connectivity index (χ3n) is 2.85. The Labute approximate surface area is 97.8 Å². The molecule has 0 radical (unpaired) electrons. The fourth-order valence-electron chi connectivity index (χ4n) is 1.90. The van der Waals surface area contributed by atoms with E-state index in [1.54, 1.807) is 0 Å². The second-order valence-electron chi connectivity index (χ2n) is 4.19. The molecule has 1 N–H and O–H groups in total. The molecule has 2 rings (SSSR count). The van der Waals surface area contributed by atoms with Crippen molar-refractivity contribution in [3.8, 4) is 0 Å². The molecule has 1 fully saturated rings. The van der Waals surface area contributed by atoms with Crippen LogP contribution in [0.4, 0.5) is 8.78 Å². The molecule has 0 saturated heterocycles. The maximum absolute atomic E-state index is 13.6. The topological polar surface area (TPSA) is 38.3 Å². The Morgan fingerprint density at radius 1 is 1.47 bits per heavy atom. The molecule has 1 aliphatic carbocycles. The molecule has 1 aromatic carbocycles. The highest BCUT2D eigenvalue weighted by molar-refractivity contribution is 5.78. The van der Waals surface area contributed by atoms with E-state index in [-0.39, 0.29) is 12.5 Å². The number of methoxy groups -OCH3 is 1. The van der Waals surface area contributed by atoms with Gasteiger partial charge in [0, 0.05) is 18.7 Å². The Morgan fingerprint density at radius 3 is 2.71 bits per heavy atom. The number of carbonyl (C=O) groups excluding carboxylic acids is 1. The molecule has 17 heavy (non-hydrogen) atoms. The highest BCUT2D eigenvalue weighted by Crippen LogP contribution is 2.46. The molecule has 92 valence electrons. The second kappa shape index (κ2) is 4.41. The first-order chi connectivity index (χ1) is 8.07. The number of amides is 1. The van der Waals surface area contributed by atoms with Crippen LogP contribution in [0.3, 0.4) is 0 Å². The van der Waals surface area contributed by atoms with E-state index in [1.807, 2.05) is 0 Å². The van der Waals surface area contributed by atoms with Crippen molar-refractivity contribution in [2.75, 3.05) is 13.7 Å². The van der Waals surface area contributed by atoms with Crippen LogP contribution in [-0.4, -0.2) is 19.6 Å². The summed E-state index contributed by atoms with van der Waals surface area (Å²) in [5.74, 6) is -1.54. The Balaban J connectivity index is 2.18. The van der Waals surface area contributed by atoms with Crippen LogP contribution in [0.2, 0.25) is 0 Å². The first-order valence-corrected chi connectivity index (χ1v) is 5.33. The molecule has 0 aliphatic heterocycles. The minimum Gasteiger partial charge on any atom is -0.375 e. The lowest BCUT2D eigenvalue weighted by Gasteiger charge is -2.18. The summed E-state index contributed by atoms with van der Waals surface area (Å²) >= 11 is 0. The zero-order valence-electron chi connectivity index (χ0n) is 9.43. The van der Waals surface area contributed by atoms with Gasteiger partial charge in [0.1, 0.15) is 18.2 Å². The third kappa shape index (κ3) is 2.44. The van der Waals surface area contributed by atoms with Crippen LogP contribution in [0.5, 0.6) is 0 Å². The molecule has 5 heteroatoms. The minimum absolute atomic E-state index is 0.0649. The normalized spacial score (nSPS) is 16.6. The number of halogens is 2. The fourth-order valence-corrected chi connectivity index (χ4v) is 1.90. The van der Waals surface area contributed by atoms with Crippen molar-refractivity contribution in [2.45, 2.75) is 18.4 Å².